The van der Waals surface area contributed by atoms with Gasteiger partial charge >= 0.3 is 0 Å². The van der Waals surface area contributed by atoms with Crippen LogP contribution in [0, 0.1) is 6.92 Å². The van der Waals surface area contributed by atoms with Crippen molar-refractivity contribution in [3.63, 3.8) is 0 Å². The summed E-state index contributed by atoms with van der Waals surface area (Å²) in [7, 11) is 0. The van der Waals surface area contributed by atoms with E-state index in [9.17, 15) is 4.79 Å². The zero-order valence-electron chi connectivity index (χ0n) is 10.3. The first-order chi connectivity index (χ1) is 9.13. The number of aryl methyl sites for hydroxylation is 1. The number of aromatic nitrogens is 1. The van der Waals surface area contributed by atoms with Gasteiger partial charge in [0.15, 0.2) is 5.82 Å². The molecule has 0 aliphatic rings. The fourth-order valence-corrected chi connectivity index (χ4v) is 2.00. The van der Waals surface area contributed by atoms with E-state index in [0.717, 1.165) is 10.0 Å². The molecule has 1 amide bonds. The first-order valence-corrected chi connectivity index (χ1v) is 6.41. The van der Waals surface area contributed by atoms with Crippen molar-refractivity contribution < 1.29 is 4.79 Å². The maximum atomic E-state index is 12.2. The van der Waals surface area contributed by atoms with Crippen molar-refractivity contribution in [2.75, 3.05) is 10.7 Å². The van der Waals surface area contributed by atoms with Crippen molar-refractivity contribution in [2.24, 2.45) is 5.84 Å². The van der Waals surface area contributed by atoms with Crippen LogP contribution in [0.3, 0.4) is 0 Å². The highest BCUT2D eigenvalue weighted by molar-refractivity contribution is 9.10. The first-order valence-electron chi connectivity index (χ1n) is 5.61. The Kier molecular flexibility index (Phi) is 4.13. The number of nitrogens with one attached hydrogen (secondary N) is 2. The second-order valence-corrected chi connectivity index (χ2v) is 4.73. The van der Waals surface area contributed by atoms with E-state index in [1.807, 2.05) is 25.1 Å². The molecule has 5 nitrogen and oxygen atoms in total. The predicted molar refractivity (Wildman–Crippen MR) is 78.9 cm³/mol. The van der Waals surface area contributed by atoms with Crippen LogP contribution in [0.15, 0.2) is 41.0 Å². The van der Waals surface area contributed by atoms with Crippen molar-refractivity contribution in [3.05, 3.63) is 52.1 Å². The molecule has 1 aromatic heterocycles. The lowest BCUT2D eigenvalue weighted by molar-refractivity contribution is 0.102. The Morgan fingerprint density at radius 1 is 1.32 bits per heavy atom. The van der Waals surface area contributed by atoms with Crippen LogP contribution in [0.25, 0.3) is 0 Å². The molecule has 0 radical (unpaired) electrons. The number of hydrogen-bond acceptors (Lipinski definition) is 4. The van der Waals surface area contributed by atoms with Crippen LogP contribution < -0.4 is 16.6 Å². The lowest BCUT2D eigenvalue weighted by Crippen LogP contribution is -2.18. The minimum Gasteiger partial charge on any atom is -0.321 e. The molecule has 0 fully saturated rings. The molecule has 98 valence electrons. The van der Waals surface area contributed by atoms with Gasteiger partial charge in [-0.15, -0.1) is 0 Å². The number of amides is 1. The molecule has 1 aromatic carbocycles. The summed E-state index contributed by atoms with van der Waals surface area (Å²) in [6.07, 6.45) is 1.56. The predicted octanol–water partition coefficient (Wildman–Crippen LogP) is 2.69. The quantitative estimate of drug-likeness (QED) is 0.600. The van der Waals surface area contributed by atoms with Gasteiger partial charge in [-0.25, -0.2) is 10.8 Å². The molecule has 0 spiro atoms. The molecule has 1 heterocycles. The molecule has 0 bridgehead atoms. The van der Waals surface area contributed by atoms with E-state index in [-0.39, 0.29) is 5.91 Å². The number of carbonyl (C=O) groups is 1. The standard InChI is InChI=1S/C13H13BrN4O/c1-8-4-2-6-10(11(8)14)17-13(19)9-5-3-7-16-12(9)18-15/h2-7H,15H2,1H3,(H,16,18)(H,17,19). The normalized spacial score (nSPS) is 10.1. The highest BCUT2D eigenvalue weighted by Gasteiger charge is 2.13. The molecule has 0 atom stereocenters. The zero-order valence-corrected chi connectivity index (χ0v) is 11.9. The number of anilines is 2. The van der Waals surface area contributed by atoms with E-state index in [1.54, 1.807) is 18.3 Å². The number of nitrogens with two attached hydrogens (primary N) is 1. The van der Waals surface area contributed by atoms with Gasteiger partial charge in [0.1, 0.15) is 0 Å². The van der Waals surface area contributed by atoms with Crippen LogP contribution in [-0.2, 0) is 0 Å². The molecule has 4 N–H and O–H groups in total. The molecule has 0 saturated carbocycles. The number of pyridine rings is 1. The number of carbonyl (C=O) groups excluding carboxylic acids is 1. The van der Waals surface area contributed by atoms with Crippen molar-refractivity contribution in [3.8, 4) is 0 Å². The average Bonchev–Trinajstić information content (AvgIpc) is 2.43. The summed E-state index contributed by atoms with van der Waals surface area (Å²) < 4.78 is 0.856. The molecule has 19 heavy (non-hydrogen) atoms. The number of hydrogen-bond donors (Lipinski definition) is 3. The van der Waals surface area contributed by atoms with Gasteiger partial charge in [-0.2, -0.15) is 0 Å². The molecule has 6 heteroatoms. The van der Waals surface area contributed by atoms with Crippen molar-refractivity contribution >= 4 is 33.3 Å². The van der Waals surface area contributed by atoms with Gasteiger partial charge in [0.25, 0.3) is 5.91 Å². The van der Waals surface area contributed by atoms with E-state index in [1.165, 1.54) is 0 Å². The van der Waals surface area contributed by atoms with Crippen LogP contribution >= 0.6 is 15.9 Å². The molecular formula is C13H13BrN4O. The van der Waals surface area contributed by atoms with Gasteiger partial charge in [0.2, 0.25) is 0 Å². The number of benzene rings is 1. The number of nitrogens with zero attached hydrogens (tertiary/aromatic N) is 1. The number of halogens is 1. The van der Waals surface area contributed by atoms with Crippen molar-refractivity contribution in [1.82, 2.24) is 4.98 Å². The minimum absolute atomic E-state index is 0.271. The van der Waals surface area contributed by atoms with Gasteiger partial charge in [-0.1, -0.05) is 12.1 Å². The molecule has 2 rings (SSSR count). The van der Waals surface area contributed by atoms with Crippen LogP contribution in [0.1, 0.15) is 15.9 Å². The molecule has 2 aromatic rings. The Bertz CT molecular complexity index is 615. The van der Waals surface area contributed by atoms with Gasteiger partial charge in [-0.05, 0) is 46.6 Å². The summed E-state index contributed by atoms with van der Waals surface area (Å²) in [5, 5.41) is 2.82. The minimum atomic E-state index is -0.271. The second kappa shape index (κ2) is 5.81. The maximum Gasteiger partial charge on any atom is 0.259 e. The van der Waals surface area contributed by atoms with E-state index in [4.69, 9.17) is 5.84 Å². The Hall–Kier alpha value is -1.92. The largest absolute Gasteiger partial charge is 0.321 e. The van der Waals surface area contributed by atoms with Gasteiger partial charge in [-0.3, -0.25) is 4.79 Å². The van der Waals surface area contributed by atoms with Crippen LogP contribution in [-0.4, -0.2) is 10.9 Å². The maximum absolute atomic E-state index is 12.2. The van der Waals surface area contributed by atoms with Gasteiger partial charge < -0.3 is 10.7 Å². The van der Waals surface area contributed by atoms with E-state index in [0.29, 0.717) is 17.1 Å². The van der Waals surface area contributed by atoms with Crippen molar-refractivity contribution in [1.29, 1.82) is 0 Å². The van der Waals surface area contributed by atoms with E-state index in [2.05, 4.69) is 31.7 Å². The highest BCUT2D eigenvalue weighted by Crippen LogP contribution is 2.26. The lowest BCUT2D eigenvalue weighted by atomic mass is 10.2. The summed E-state index contributed by atoms with van der Waals surface area (Å²) in [6.45, 7) is 1.96. The second-order valence-electron chi connectivity index (χ2n) is 3.93. The third-order valence-electron chi connectivity index (χ3n) is 2.63. The third-order valence-corrected chi connectivity index (χ3v) is 3.68. The summed E-state index contributed by atoms with van der Waals surface area (Å²) in [6, 6.07) is 8.99. The van der Waals surface area contributed by atoms with Gasteiger partial charge in [0, 0.05) is 10.7 Å². The molecule has 0 saturated heterocycles. The fourth-order valence-electron chi connectivity index (χ4n) is 1.64. The Balaban J connectivity index is 2.28. The monoisotopic (exact) mass is 320 g/mol. The molecule has 0 aliphatic carbocycles. The number of rotatable bonds is 3. The first kappa shape index (κ1) is 13.5. The SMILES string of the molecule is Cc1cccc(NC(=O)c2cccnc2NN)c1Br. The fraction of sp³-hybridized carbons (Fsp3) is 0.0769. The number of hydrazine groups is 1. The lowest BCUT2D eigenvalue weighted by Gasteiger charge is -2.11. The summed E-state index contributed by atoms with van der Waals surface area (Å²) in [5.41, 5.74) is 4.54. The average molecular weight is 321 g/mol. The Morgan fingerprint density at radius 3 is 2.84 bits per heavy atom. The Labute approximate surface area is 119 Å². The summed E-state index contributed by atoms with van der Waals surface area (Å²) >= 11 is 3.45. The zero-order chi connectivity index (χ0) is 13.8. The van der Waals surface area contributed by atoms with Gasteiger partial charge in [0.05, 0.1) is 11.3 Å². The van der Waals surface area contributed by atoms with E-state index < -0.39 is 0 Å². The summed E-state index contributed by atoms with van der Waals surface area (Å²) in [4.78, 5) is 16.2. The third kappa shape index (κ3) is 2.91. The summed E-state index contributed by atoms with van der Waals surface area (Å²) in [5.74, 6) is 5.40. The molecular weight excluding hydrogens is 308 g/mol. The Morgan fingerprint density at radius 2 is 2.11 bits per heavy atom. The molecule has 0 unspecified atom stereocenters. The van der Waals surface area contributed by atoms with E-state index >= 15 is 0 Å². The topological polar surface area (TPSA) is 80.0 Å². The number of nitrogen functional groups attached to an aromatic ring is 1. The van der Waals surface area contributed by atoms with Crippen LogP contribution in [0.2, 0.25) is 0 Å². The highest BCUT2D eigenvalue weighted by atomic mass is 79.9. The van der Waals surface area contributed by atoms with Crippen LogP contribution in [0.5, 0.6) is 0 Å². The van der Waals surface area contributed by atoms with Crippen molar-refractivity contribution in [2.45, 2.75) is 6.92 Å². The van der Waals surface area contributed by atoms with Crippen LogP contribution in [0.4, 0.5) is 11.5 Å². The smallest absolute Gasteiger partial charge is 0.259 e. The molecule has 0 aliphatic heterocycles.